The number of hydrogen-bond donors (Lipinski definition) is 1. The van der Waals surface area contributed by atoms with Crippen molar-refractivity contribution in [2.24, 2.45) is 0 Å². The lowest BCUT2D eigenvalue weighted by atomic mass is 10.0. The number of halogens is 3. The molecule has 1 amide bonds. The summed E-state index contributed by atoms with van der Waals surface area (Å²) in [5.41, 5.74) is 1.85. The number of pyridine rings is 1. The maximum absolute atomic E-state index is 13.0. The maximum Gasteiger partial charge on any atom is 0.416 e. The van der Waals surface area contributed by atoms with E-state index in [1.165, 1.54) is 18.3 Å². The van der Waals surface area contributed by atoms with Crippen molar-refractivity contribution in [1.82, 2.24) is 20.1 Å². The van der Waals surface area contributed by atoms with Gasteiger partial charge in [0, 0.05) is 23.8 Å². The Kier molecular flexibility index (Phi) is 4.13. The van der Waals surface area contributed by atoms with Gasteiger partial charge in [0.25, 0.3) is 5.91 Å². The molecule has 27 heavy (non-hydrogen) atoms. The van der Waals surface area contributed by atoms with Crippen LogP contribution in [0.25, 0.3) is 11.0 Å². The molecule has 8 heteroatoms. The van der Waals surface area contributed by atoms with E-state index in [-0.39, 0.29) is 11.9 Å². The Bertz CT molecular complexity index is 994. The van der Waals surface area contributed by atoms with Crippen LogP contribution in [0.4, 0.5) is 13.2 Å². The SMILES string of the molecule is Cc1[nH]nc2ncc(C(=O)N3CCCC3c3ccc(C(F)(F)F)cc3)cc12. The molecular formula is C19H17F3N4O. The number of fused-ring (bicyclic) bond motifs is 1. The predicted molar refractivity (Wildman–Crippen MR) is 93.1 cm³/mol. The molecule has 1 saturated heterocycles. The second-order valence-electron chi connectivity index (χ2n) is 6.72. The molecule has 1 aromatic carbocycles. The van der Waals surface area contributed by atoms with Crippen molar-refractivity contribution in [3.8, 4) is 0 Å². The molecular weight excluding hydrogens is 357 g/mol. The highest BCUT2D eigenvalue weighted by Gasteiger charge is 2.33. The normalized spacial score (nSPS) is 17.6. The quantitative estimate of drug-likeness (QED) is 0.729. The van der Waals surface area contributed by atoms with E-state index in [4.69, 9.17) is 0 Å². The summed E-state index contributed by atoms with van der Waals surface area (Å²) >= 11 is 0. The number of hydrogen-bond acceptors (Lipinski definition) is 3. The summed E-state index contributed by atoms with van der Waals surface area (Å²) in [7, 11) is 0. The third kappa shape index (κ3) is 3.15. The smallest absolute Gasteiger partial charge is 0.332 e. The molecule has 5 nitrogen and oxygen atoms in total. The maximum atomic E-state index is 13.0. The Morgan fingerprint density at radius 2 is 2.00 bits per heavy atom. The van der Waals surface area contributed by atoms with Crippen LogP contribution in [0, 0.1) is 6.92 Å². The van der Waals surface area contributed by atoms with Crippen LogP contribution < -0.4 is 0 Å². The van der Waals surface area contributed by atoms with Crippen molar-refractivity contribution in [1.29, 1.82) is 0 Å². The largest absolute Gasteiger partial charge is 0.416 e. The highest BCUT2D eigenvalue weighted by atomic mass is 19.4. The standard InChI is InChI=1S/C19H17F3N4O/c1-11-15-9-13(10-23-17(15)25-24-11)18(27)26-8-2-3-16(26)12-4-6-14(7-5-12)19(20,21)22/h4-7,9-10,16H,2-3,8H2,1H3,(H,23,24,25). The molecule has 0 radical (unpaired) electrons. The zero-order valence-corrected chi connectivity index (χ0v) is 14.5. The van der Waals surface area contributed by atoms with E-state index in [0.717, 1.165) is 36.1 Å². The predicted octanol–water partition coefficient (Wildman–Crippen LogP) is 4.26. The summed E-state index contributed by atoms with van der Waals surface area (Å²) in [5.74, 6) is -0.174. The second-order valence-corrected chi connectivity index (χ2v) is 6.72. The summed E-state index contributed by atoms with van der Waals surface area (Å²) < 4.78 is 38.3. The number of rotatable bonds is 2. The molecule has 0 saturated carbocycles. The van der Waals surface area contributed by atoms with Crippen LogP contribution in [0.1, 0.15) is 46.1 Å². The van der Waals surface area contributed by atoms with Gasteiger partial charge in [0.2, 0.25) is 0 Å². The average Bonchev–Trinajstić information content (AvgIpc) is 3.27. The zero-order valence-electron chi connectivity index (χ0n) is 14.5. The van der Waals surface area contributed by atoms with Gasteiger partial charge in [0.15, 0.2) is 5.65 Å². The van der Waals surface area contributed by atoms with Gasteiger partial charge in [-0.1, -0.05) is 12.1 Å². The molecule has 1 aliphatic heterocycles. The number of aromatic amines is 1. The van der Waals surface area contributed by atoms with Crippen LogP contribution >= 0.6 is 0 Å². The number of nitrogens with zero attached hydrogens (tertiary/aromatic N) is 3. The minimum Gasteiger partial charge on any atom is -0.332 e. The number of carbonyl (C=O) groups excluding carboxylic acids is 1. The molecule has 1 unspecified atom stereocenters. The number of aromatic nitrogens is 3. The number of likely N-dealkylation sites (tertiary alicyclic amines) is 1. The Morgan fingerprint density at radius 1 is 1.26 bits per heavy atom. The summed E-state index contributed by atoms with van der Waals surface area (Å²) in [4.78, 5) is 18.9. The highest BCUT2D eigenvalue weighted by molar-refractivity contribution is 5.97. The van der Waals surface area contributed by atoms with Crippen LogP contribution in [0.3, 0.4) is 0 Å². The summed E-state index contributed by atoms with van der Waals surface area (Å²) in [6.45, 7) is 2.42. The molecule has 1 aliphatic rings. The van der Waals surface area contributed by atoms with Gasteiger partial charge in [0.05, 0.1) is 17.2 Å². The van der Waals surface area contributed by atoms with Gasteiger partial charge >= 0.3 is 6.18 Å². The number of nitrogens with one attached hydrogen (secondary N) is 1. The van der Waals surface area contributed by atoms with E-state index in [2.05, 4.69) is 15.2 Å². The van der Waals surface area contributed by atoms with Gasteiger partial charge in [-0.3, -0.25) is 9.89 Å². The van der Waals surface area contributed by atoms with Crippen molar-refractivity contribution >= 4 is 16.9 Å². The number of carbonyl (C=O) groups is 1. The lowest BCUT2D eigenvalue weighted by Crippen LogP contribution is -2.30. The van der Waals surface area contributed by atoms with Gasteiger partial charge in [-0.2, -0.15) is 18.3 Å². The molecule has 3 aromatic rings. The van der Waals surface area contributed by atoms with Gasteiger partial charge < -0.3 is 4.90 Å². The Hall–Kier alpha value is -2.90. The summed E-state index contributed by atoms with van der Waals surface area (Å²) in [5, 5.41) is 7.67. The molecule has 4 rings (SSSR count). The van der Waals surface area contributed by atoms with Crippen molar-refractivity contribution in [3.63, 3.8) is 0 Å². The van der Waals surface area contributed by atoms with Crippen LogP contribution in [-0.2, 0) is 6.18 Å². The Morgan fingerprint density at radius 3 is 2.70 bits per heavy atom. The number of aryl methyl sites for hydroxylation is 1. The van der Waals surface area contributed by atoms with Crippen LogP contribution in [0.15, 0.2) is 36.5 Å². The summed E-state index contributed by atoms with van der Waals surface area (Å²) in [6.07, 6.45) is -1.35. The van der Waals surface area contributed by atoms with Gasteiger partial charge in [-0.15, -0.1) is 0 Å². The first-order valence-corrected chi connectivity index (χ1v) is 8.63. The number of amides is 1. The third-order valence-electron chi connectivity index (χ3n) is 4.98. The van der Waals surface area contributed by atoms with Gasteiger partial charge in [-0.25, -0.2) is 4.98 Å². The molecule has 0 spiro atoms. The zero-order chi connectivity index (χ0) is 19.2. The lowest BCUT2D eigenvalue weighted by Gasteiger charge is -2.25. The van der Waals surface area contributed by atoms with Gasteiger partial charge in [-0.05, 0) is 43.5 Å². The number of alkyl halides is 3. The Balaban J connectivity index is 1.62. The molecule has 140 valence electrons. The molecule has 3 heterocycles. The van der Waals surface area contributed by atoms with E-state index in [1.54, 1.807) is 11.0 Å². The minimum absolute atomic E-state index is 0.174. The highest BCUT2D eigenvalue weighted by Crippen LogP contribution is 2.35. The van der Waals surface area contributed by atoms with Crippen LogP contribution in [0.5, 0.6) is 0 Å². The third-order valence-corrected chi connectivity index (χ3v) is 4.98. The lowest BCUT2D eigenvalue weighted by molar-refractivity contribution is -0.137. The fourth-order valence-corrected chi connectivity index (χ4v) is 3.55. The van der Waals surface area contributed by atoms with E-state index in [0.29, 0.717) is 23.3 Å². The fraction of sp³-hybridized carbons (Fsp3) is 0.316. The van der Waals surface area contributed by atoms with E-state index >= 15 is 0 Å². The number of H-pyrrole nitrogens is 1. The molecule has 1 atom stereocenters. The average molecular weight is 374 g/mol. The minimum atomic E-state index is -4.37. The van der Waals surface area contributed by atoms with Crippen molar-refractivity contribution in [2.45, 2.75) is 32.0 Å². The van der Waals surface area contributed by atoms with Crippen molar-refractivity contribution in [3.05, 3.63) is 58.9 Å². The van der Waals surface area contributed by atoms with E-state index in [9.17, 15) is 18.0 Å². The monoisotopic (exact) mass is 374 g/mol. The topological polar surface area (TPSA) is 61.9 Å². The molecule has 0 aliphatic carbocycles. The van der Waals surface area contributed by atoms with E-state index in [1.807, 2.05) is 6.92 Å². The summed E-state index contributed by atoms with van der Waals surface area (Å²) in [6, 6.07) is 6.57. The molecule has 0 bridgehead atoms. The first-order valence-electron chi connectivity index (χ1n) is 8.63. The van der Waals surface area contributed by atoms with Crippen molar-refractivity contribution in [2.75, 3.05) is 6.54 Å². The first kappa shape index (κ1) is 17.5. The molecule has 1 N–H and O–H groups in total. The molecule has 2 aromatic heterocycles. The number of benzene rings is 1. The van der Waals surface area contributed by atoms with Crippen molar-refractivity contribution < 1.29 is 18.0 Å². The van der Waals surface area contributed by atoms with Crippen LogP contribution in [-0.4, -0.2) is 32.5 Å². The second kappa shape index (κ2) is 6.37. The van der Waals surface area contributed by atoms with Crippen LogP contribution in [0.2, 0.25) is 0 Å². The Labute approximate surface area is 153 Å². The first-order chi connectivity index (χ1) is 12.8. The van der Waals surface area contributed by atoms with E-state index < -0.39 is 11.7 Å². The molecule has 1 fully saturated rings. The fourth-order valence-electron chi connectivity index (χ4n) is 3.55. The van der Waals surface area contributed by atoms with Gasteiger partial charge in [0.1, 0.15) is 0 Å².